The molecule has 0 aliphatic rings. The molecule has 0 saturated heterocycles. The van der Waals surface area contributed by atoms with Crippen molar-refractivity contribution in [1.82, 2.24) is 0 Å². The molecule has 0 radical (unpaired) electrons. The van der Waals surface area contributed by atoms with Crippen LogP contribution in [0.2, 0.25) is 0 Å². The molecule has 1 rings (SSSR count). The predicted molar refractivity (Wildman–Crippen MR) is 65.6 cm³/mol. The summed E-state index contributed by atoms with van der Waals surface area (Å²) >= 11 is 0. The van der Waals surface area contributed by atoms with Gasteiger partial charge in [0.15, 0.2) is 0 Å². The molecule has 3 heteroatoms. The van der Waals surface area contributed by atoms with E-state index < -0.39 is 0 Å². The van der Waals surface area contributed by atoms with E-state index in [4.69, 9.17) is 15.6 Å². The third kappa shape index (κ3) is 4.21. The van der Waals surface area contributed by atoms with Crippen molar-refractivity contribution in [2.45, 2.75) is 31.7 Å². The molecule has 0 amide bonds. The highest BCUT2D eigenvalue weighted by atomic mass is 16.5. The molecule has 0 aliphatic heterocycles. The molecule has 16 heavy (non-hydrogen) atoms. The molecule has 1 unspecified atom stereocenters. The van der Waals surface area contributed by atoms with E-state index in [1.54, 1.807) is 7.11 Å². The second kappa shape index (κ2) is 5.87. The maximum absolute atomic E-state index is 8.87. The minimum absolute atomic E-state index is 0.148. The molecule has 0 aromatic heterocycles. The van der Waals surface area contributed by atoms with Gasteiger partial charge in [0.1, 0.15) is 5.75 Å². The van der Waals surface area contributed by atoms with E-state index in [-0.39, 0.29) is 12.1 Å². The third-order valence-electron chi connectivity index (χ3n) is 2.83. The van der Waals surface area contributed by atoms with Crippen LogP contribution in [0, 0.1) is 0 Å². The van der Waals surface area contributed by atoms with Gasteiger partial charge in [-0.05, 0) is 43.9 Å². The van der Waals surface area contributed by atoms with E-state index in [1.165, 1.54) is 5.56 Å². The number of aliphatic hydroxyl groups excluding tert-OH is 1. The Labute approximate surface area is 97.2 Å². The SMILES string of the molecule is COc1ccc(CCC(C)(N)CCO)cc1. The number of aliphatic hydroxyl groups is 1. The van der Waals surface area contributed by atoms with Gasteiger partial charge < -0.3 is 15.6 Å². The summed E-state index contributed by atoms with van der Waals surface area (Å²) in [6, 6.07) is 8.01. The van der Waals surface area contributed by atoms with Gasteiger partial charge in [-0.3, -0.25) is 0 Å². The first kappa shape index (κ1) is 13.0. The monoisotopic (exact) mass is 223 g/mol. The second-order valence-corrected chi connectivity index (χ2v) is 4.48. The Hall–Kier alpha value is -1.06. The fourth-order valence-electron chi connectivity index (χ4n) is 1.60. The number of methoxy groups -OCH3 is 1. The molecule has 0 spiro atoms. The topological polar surface area (TPSA) is 55.5 Å². The van der Waals surface area contributed by atoms with Gasteiger partial charge in [-0.25, -0.2) is 0 Å². The molecular formula is C13H21NO2. The van der Waals surface area contributed by atoms with Gasteiger partial charge in [0.05, 0.1) is 7.11 Å². The maximum Gasteiger partial charge on any atom is 0.118 e. The van der Waals surface area contributed by atoms with Crippen molar-refractivity contribution in [2.75, 3.05) is 13.7 Å². The van der Waals surface area contributed by atoms with Crippen molar-refractivity contribution in [3.63, 3.8) is 0 Å². The zero-order chi connectivity index (χ0) is 12.0. The number of ether oxygens (including phenoxy) is 1. The highest BCUT2D eigenvalue weighted by Gasteiger charge is 2.17. The smallest absolute Gasteiger partial charge is 0.118 e. The Kier molecular flexibility index (Phi) is 4.77. The summed E-state index contributed by atoms with van der Waals surface area (Å²) in [6.45, 7) is 2.13. The normalized spacial score (nSPS) is 14.5. The molecule has 3 N–H and O–H groups in total. The van der Waals surface area contributed by atoms with Crippen molar-refractivity contribution in [3.05, 3.63) is 29.8 Å². The van der Waals surface area contributed by atoms with Crippen molar-refractivity contribution in [2.24, 2.45) is 5.73 Å². The minimum Gasteiger partial charge on any atom is -0.497 e. The van der Waals surface area contributed by atoms with Crippen molar-refractivity contribution in [3.8, 4) is 5.75 Å². The average molecular weight is 223 g/mol. The van der Waals surface area contributed by atoms with Crippen LogP contribution in [-0.2, 0) is 6.42 Å². The molecule has 0 saturated carbocycles. The van der Waals surface area contributed by atoms with Crippen LogP contribution in [0.25, 0.3) is 0 Å². The first-order valence-corrected chi connectivity index (χ1v) is 5.60. The van der Waals surface area contributed by atoms with Crippen molar-refractivity contribution in [1.29, 1.82) is 0 Å². The van der Waals surface area contributed by atoms with Crippen molar-refractivity contribution >= 4 is 0 Å². The Morgan fingerprint density at radius 2 is 1.88 bits per heavy atom. The van der Waals surface area contributed by atoms with Gasteiger partial charge >= 0.3 is 0 Å². The first-order valence-electron chi connectivity index (χ1n) is 5.60. The van der Waals surface area contributed by atoms with Crippen molar-refractivity contribution < 1.29 is 9.84 Å². The quantitative estimate of drug-likeness (QED) is 0.772. The molecule has 0 fully saturated rings. The zero-order valence-electron chi connectivity index (χ0n) is 10.1. The van der Waals surface area contributed by atoms with Crippen LogP contribution in [0.1, 0.15) is 25.3 Å². The van der Waals surface area contributed by atoms with E-state index in [9.17, 15) is 0 Å². The number of rotatable bonds is 6. The predicted octanol–water partition coefficient (Wildman–Crippen LogP) is 1.73. The summed E-state index contributed by atoms with van der Waals surface area (Å²) in [5, 5.41) is 8.87. The highest BCUT2D eigenvalue weighted by molar-refractivity contribution is 5.27. The van der Waals surface area contributed by atoms with E-state index in [0.29, 0.717) is 6.42 Å². The summed E-state index contributed by atoms with van der Waals surface area (Å²) in [4.78, 5) is 0. The number of hydrogen-bond donors (Lipinski definition) is 2. The lowest BCUT2D eigenvalue weighted by molar-refractivity contribution is 0.240. The number of hydrogen-bond acceptors (Lipinski definition) is 3. The van der Waals surface area contributed by atoms with Gasteiger partial charge in [0, 0.05) is 12.1 Å². The highest BCUT2D eigenvalue weighted by Crippen LogP contribution is 2.17. The molecule has 0 bridgehead atoms. The molecule has 0 aliphatic carbocycles. The van der Waals surface area contributed by atoms with Crippen LogP contribution in [0.15, 0.2) is 24.3 Å². The van der Waals surface area contributed by atoms with Gasteiger partial charge in [-0.2, -0.15) is 0 Å². The molecule has 90 valence electrons. The number of benzene rings is 1. The zero-order valence-corrected chi connectivity index (χ0v) is 10.1. The lowest BCUT2D eigenvalue weighted by atomic mass is 9.91. The van der Waals surface area contributed by atoms with E-state index in [2.05, 4.69) is 0 Å². The largest absolute Gasteiger partial charge is 0.497 e. The van der Waals surface area contributed by atoms with Crippen LogP contribution >= 0.6 is 0 Å². The Bertz CT molecular complexity index is 306. The lowest BCUT2D eigenvalue weighted by Gasteiger charge is -2.23. The van der Waals surface area contributed by atoms with Gasteiger partial charge in [0.25, 0.3) is 0 Å². The third-order valence-corrected chi connectivity index (χ3v) is 2.83. The van der Waals surface area contributed by atoms with Crippen LogP contribution in [0.5, 0.6) is 5.75 Å². The Morgan fingerprint density at radius 1 is 1.25 bits per heavy atom. The molecule has 1 aromatic carbocycles. The van der Waals surface area contributed by atoms with Gasteiger partial charge in [0.2, 0.25) is 0 Å². The maximum atomic E-state index is 8.87. The van der Waals surface area contributed by atoms with Crippen LogP contribution in [0.3, 0.4) is 0 Å². The van der Waals surface area contributed by atoms with E-state index in [0.717, 1.165) is 18.6 Å². The molecule has 1 aromatic rings. The standard InChI is InChI=1S/C13H21NO2/c1-13(14,9-10-15)8-7-11-3-5-12(16-2)6-4-11/h3-6,15H,7-10,14H2,1-2H3. The Balaban J connectivity index is 2.48. The first-order chi connectivity index (χ1) is 7.57. The fourth-order valence-corrected chi connectivity index (χ4v) is 1.60. The fraction of sp³-hybridized carbons (Fsp3) is 0.538. The van der Waals surface area contributed by atoms with Gasteiger partial charge in [-0.15, -0.1) is 0 Å². The molecule has 0 heterocycles. The summed E-state index contributed by atoms with van der Waals surface area (Å²) in [6.07, 6.45) is 2.44. The van der Waals surface area contributed by atoms with E-state index >= 15 is 0 Å². The molecule has 1 atom stereocenters. The van der Waals surface area contributed by atoms with E-state index in [1.807, 2.05) is 31.2 Å². The number of nitrogens with two attached hydrogens (primary N) is 1. The van der Waals surface area contributed by atoms with Crippen LogP contribution in [0.4, 0.5) is 0 Å². The average Bonchev–Trinajstić information content (AvgIpc) is 2.27. The number of aryl methyl sites for hydroxylation is 1. The summed E-state index contributed by atoms with van der Waals surface area (Å²) in [5.74, 6) is 0.870. The summed E-state index contributed by atoms with van der Waals surface area (Å²) < 4.78 is 5.10. The molecule has 3 nitrogen and oxygen atoms in total. The van der Waals surface area contributed by atoms with Crippen LogP contribution in [-0.4, -0.2) is 24.4 Å². The lowest BCUT2D eigenvalue weighted by Crippen LogP contribution is -2.37. The summed E-state index contributed by atoms with van der Waals surface area (Å²) in [7, 11) is 1.66. The Morgan fingerprint density at radius 3 is 2.38 bits per heavy atom. The summed E-state index contributed by atoms with van der Waals surface area (Å²) in [5.41, 5.74) is 7.01. The second-order valence-electron chi connectivity index (χ2n) is 4.48. The molecular weight excluding hydrogens is 202 g/mol. The van der Waals surface area contributed by atoms with Crippen LogP contribution < -0.4 is 10.5 Å². The van der Waals surface area contributed by atoms with Gasteiger partial charge in [-0.1, -0.05) is 12.1 Å². The minimum atomic E-state index is -0.283.